The summed E-state index contributed by atoms with van der Waals surface area (Å²) in [4.78, 5) is 0. The van der Waals surface area contributed by atoms with Gasteiger partial charge in [0.1, 0.15) is 0 Å². The molecule has 0 bridgehead atoms. The fraction of sp³-hybridized carbons (Fsp3) is 0.625. The lowest BCUT2D eigenvalue weighted by Crippen LogP contribution is -2.26. The van der Waals surface area contributed by atoms with Crippen molar-refractivity contribution >= 4 is 15.9 Å². The van der Waals surface area contributed by atoms with Crippen LogP contribution in [-0.2, 0) is 0 Å². The number of hydrogen-bond acceptors (Lipinski definition) is 3. The fourth-order valence-corrected chi connectivity index (χ4v) is 3.33. The van der Waals surface area contributed by atoms with Gasteiger partial charge in [-0.2, -0.15) is 0 Å². The normalized spacial score (nSPS) is 25.1. The monoisotopic (exact) mass is 339 g/mol. The Morgan fingerprint density at radius 2 is 2.00 bits per heavy atom. The summed E-state index contributed by atoms with van der Waals surface area (Å²) in [5, 5.41) is 3.58. The molecule has 1 N–H and O–H groups in total. The predicted molar refractivity (Wildman–Crippen MR) is 83.5 cm³/mol. The first kappa shape index (κ1) is 14.2. The first-order valence-electron chi connectivity index (χ1n) is 7.38. The van der Waals surface area contributed by atoms with Crippen molar-refractivity contribution in [1.82, 2.24) is 5.32 Å². The second-order valence-electron chi connectivity index (χ2n) is 6.57. The minimum Gasteiger partial charge on any atom is -0.489 e. The number of rotatable bonds is 1. The van der Waals surface area contributed by atoms with Crippen molar-refractivity contribution in [2.24, 2.45) is 5.41 Å². The van der Waals surface area contributed by atoms with Gasteiger partial charge in [-0.05, 0) is 53.0 Å². The van der Waals surface area contributed by atoms with Crippen LogP contribution in [0.5, 0.6) is 11.5 Å². The van der Waals surface area contributed by atoms with Gasteiger partial charge in [-0.25, -0.2) is 0 Å². The van der Waals surface area contributed by atoms with Gasteiger partial charge in [0.05, 0.1) is 17.7 Å². The molecule has 4 heteroatoms. The quantitative estimate of drug-likeness (QED) is 0.836. The second kappa shape index (κ2) is 5.57. The summed E-state index contributed by atoms with van der Waals surface area (Å²) in [5.41, 5.74) is 1.33. The summed E-state index contributed by atoms with van der Waals surface area (Å²) < 4.78 is 12.9. The average molecular weight is 340 g/mol. The zero-order valence-electron chi connectivity index (χ0n) is 12.2. The highest BCUT2D eigenvalue weighted by molar-refractivity contribution is 9.10. The highest BCUT2D eigenvalue weighted by Crippen LogP contribution is 2.42. The van der Waals surface area contributed by atoms with Crippen LogP contribution >= 0.6 is 15.9 Å². The molecule has 0 aliphatic carbocycles. The lowest BCUT2D eigenvalue weighted by molar-refractivity contribution is 0.140. The van der Waals surface area contributed by atoms with E-state index in [-0.39, 0.29) is 5.41 Å². The van der Waals surface area contributed by atoms with E-state index in [0.717, 1.165) is 22.5 Å². The Morgan fingerprint density at radius 1 is 1.20 bits per heavy atom. The number of piperidine rings is 1. The van der Waals surface area contributed by atoms with Gasteiger partial charge in [0.15, 0.2) is 11.5 Å². The van der Waals surface area contributed by atoms with E-state index in [2.05, 4.69) is 47.2 Å². The Labute approximate surface area is 129 Å². The maximum atomic E-state index is 5.99. The second-order valence-corrected chi connectivity index (χ2v) is 7.43. The molecule has 1 fully saturated rings. The molecular weight excluding hydrogens is 318 g/mol. The highest BCUT2D eigenvalue weighted by Gasteiger charge is 2.27. The Hall–Kier alpha value is -0.740. The third-order valence-electron chi connectivity index (χ3n) is 3.97. The standard InChI is InChI=1S/C16H22BrNO2/c1-16(2)9-19-14-8-11(13-5-3-4-6-18-13)7-12(17)15(14)20-10-16/h7-8,13,18H,3-6,9-10H2,1-2H3. The molecule has 1 atom stereocenters. The summed E-state index contributed by atoms with van der Waals surface area (Å²) in [7, 11) is 0. The number of benzene rings is 1. The van der Waals surface area contributed by atoms with Crippen molar-refractivity contribution in [3.63, 3.8) is 0 Å². The van der Waals surface area contributed by atoms with E-state index < -0.39 is 0 Å². The van der Waals surface area contributed by atoms with Crippen molar-refractivity contribution in [2.75, 3.05) is 19.8 Å². The van der Waals surface area contributed by atoms with Gasteiger partial charge in [0.2, 0.25) is 0 Å². The third-order valence-corrected chi connectivity index (χ3v) is 4.56. The molecule has 110 valence electrons. The van der Waals surface area contributed by atoms with Crippen LogP contribution in [-0.4, -0.2) is 19.8 Å². The summed E-state index contributed by atoms with van der Waals surface area (Å²) >= 11 is 3.64. The molecule has 0 saturated carbocycles. The molecular formula is C16H22BrNO2. The number of halogens is 1. The lowest BCUT2D eigenvalue weighted by atomic mass is 9.97. The van der Waals surface area contributed by atoms with Gasteiger partial charge >= 0.3 is 0 Å². The Balaban J connectivity index is 1.90. The Morgan fingerprint density at radius 3 is 2.75 bits per heavy atom. The van der Waals surface area contributed by atoms with Gasteiger partial charge in [0, 0.05) is 11.5 Å². The molecule has 20 heavy (non-hydrogen) atoms. The van der Waals surface area contributed by atoms with E-state index >= 15 is 0 Å². The highest BCUT2D eigenvalue weighted by atomic mass is 79.9. The molecule has 3 rings (SSSR count). The maximum Gasteiger partial charge on any atom is 0.175 e. The largest absolute Gasteiger partial charge is 0.489 e. The van der Waals surface area contributed by atoms with Crippen LogP contribution in [0.1, 0.15) is 44.7 Å². The fourth-order valence-electron chi connectivity index (χ4n) is 2.76. The maximum absolute atomic E-state index is 5.99. The molecule has 2 aliphatic heterocycles. The van der Waals surface area contributed by atoms with Crippen LogP contribution in [0, 0.1) is 5.41 Å². The third kappa shape index (κ3) is 2.96. The minimum atomic E-state index is 0.0434. The van der Waals surface area contributed by atoms with Crippen molar-refractivity contribution in [1.29, 1.82) is 0 Å². The Bertz CT molecular complexity index is 495. The van der Waals surface area contributed by atoms with Crippen molar-refractivity contribution < 1.29 is 9.47 Å². The number of fused-ring (bicyclic) bond motifs is 1. The molecule has 0 amide bonds. The van der Waals surface area contributed by atoms with Crippen molar-refractivity contribution in [3.8, 4) is 11.5 Å². The Kier molecular flexibility index (Phi) is 3.95. The van der Waals surface area contributed by atoms with Crippen molar-refractivity contribution in [3.05, 3.63) is 22.2 Å². The summed E-state index contributed by atoms with van der Waals surface area (Å²) in [6, 6.07) is 4.75. The zero-order chi connectivity index (χ0) is 14.2. The molecule has 1 aromatic rings. The average Bonchev–Trinajstić information content (AvgIpc) is 2.59. The molecule has 1 unspecified atom stereocenters. The van der Waals surface area contributed by atoms with Crippen molar-refractivity contribution in [2.45, 2.75) is 39.2 Å². The minimum absolute atomic E-state index is 0.0434. The molecule has 1 saturated heterocycles. The molecule has 0 radical (unpaired) electrons. The van der Waals surface area contributed by atoms with Crippen LogP contribution in [0.15, 0.2) is 16.6 Å². The van der Waals surface area contributed by atoms with Crippen LogP contribution in [0.4, 0.5) is 0 Å². The molecule has 2 aliphatic rings. The zero-order valence-corrected chi connectivity index (χ0v) is 13.8. The SMILES string of the molecule is CC1(C)COc2cc(C3CCCCN3)cc(Br)c2OC1. The van der Waals surface area contributed by atoms with Crippen LogP contribution in [0.3, 0.4) is 0 Å². The van der Waals surface area contributed by atoms with E-state index in [1.54, 1.807) is 0 Å². The van der Waals surface area contributed by atoms with Crippen LogP contribution < -0.4 is 14.8 Å². The topological polar surface area (TPSA) is 30.5 Å². The van der Waals surface area contributed by atoms with Crippen LogP contribution in [0.2, 0.25) is 0 Å². The van der Waals surface area contributed by atoms with Gasteiger partial charge in [-0.1, -0.05) is 20.3 Å². The van der Waals surface area contributed by atoms with E-state index in [1.165, 1.54) is 24.8 Å². The number of hydrogen-bond donors (Lipinski definition) is 1. The molecule has 0 aromatic heterocycles. The van der Waals surface area contributed by atoms with Gasteiger partial charge < -0.3 is 14.8 Å². The summed E-state index contributed by atoms with van der Waals surface area (Å²) in [6.07, 6.45) is 3.75. The van der Waals surface area contributed by atoms with E-state index in [9.17, 15) is 0 Å². The smallest absolute Gasteiger partial charge is 0.175 e. The van der Waals surface area contributed by atoms with Gasteiger partial charge in [-0.3, -0.25) is 0 Å². The predicted octanol–water partition coefficient (Wildman–Crippen LogP) is 4.06. The lowest BCUT2D eigenvalue weighted by Gasteiger charge is -2.25. The van der Waals surface area contributed by atoms with E-state index in [1.807, 2.05) is 0 Å². The van der Waals surface area contributed by atoms with E-state index in [0.29, 0.717) is 19.3 Å². The number of nitrogens with one attached hydrogen (secondary N) is 1. The van der Waals surface area contributed by atoms with Gasteiger partial charge in [-0.15, -0.1) is 0 Å². The first-order chi connectivity index (χ1) is 9.55. The molecule has 0 spiro atoms. The summed E-state index contributed by atoms with van der Waals surface area (Å²) in [5.74, 6) is 1.71. The number of ether oxygens (including phenoxy) is 2. The van der Waals surface area contributed by atoms with Gasteiger partial charge in [0.25, 0.3) is 0 Å². The molecule has 3 nitrogen and oxygen atoms in total. The van der Waals surface area contributed by atoms with E-state index in [4.69, 9.17) is 9.47 Å². The molecule has 1 aromatic carbocycles. The first-order valence-corrected chi connectivity index (χ1v) is 8.17. The molecule has 2 heterocycles. The van der Waals surface area contributed by atoms with Crippen LogP contribution in [0.25, 0.3) is 0 Å². The summed E-state index contributed by atoms with van der Waals surface area (Å²) in [6.45, 7) is 6.80.